The zero-order valence-corrected chi connectivity index (χ0v) is 21.9. The predicted octanol–water partition coefficient (Wildman–Crippen LogP) is 5.44. The summed E-state index contributed by atoms with van der Waals surface area (Å²) >= 11 is 1.41. The number of thioether (sulfide) groups is 1. The molecular formula is C29H28N6OS. The lowest BCUT2D eigenvalue weighted by atomic mass is 10.1. The van der Waals surface area contributed by atoms with E-state index in [1.807, 2.05) is 67.1 Å². The van der Waals surface area contributed by atoms with Crippen LogP contribution in [0.25, 0.3) is 16.7 Å². The summed E-state index contributed by atoms with van der Waals surface area (Å²) < 4.78 is 4.04. The monoisotopic (exact) mass is 508 g/mol. The lowest BCUT2D eigenvalue weighted by Crippen LogP contribution is -2.20. The summed E-state index contributed by atoms with van der Waals surface area (Å²) in [6.45, 7) is 6.69. The number of nitrogens with one attached hydrogen (secondary N) is 1. The molecule has 0 unspecified atom stereocenters. The van der Waals surface area contributed by atoms with E-state index >= 15 is 0 Å². The van der Waals surface area contributed by atoms with Gasteiger partial charge in [-0.2, -0.15) is 10.2 Å². The predicted molar refractivity (Wildman–Crippen MR) is 150 cm³/mol. The van der Waals surface area contributed by atoms with Gasteiger partial charge < -0.3 is 4.57 Å². The standard InChI is InChI=1S/C29H28N6OS/c1-20-13-15-23(16-14-20)18-34-27-12-8-7-11-26(27)31-29(34)37-19-28(36)32-30-17-25-21(2)33-35(22(25)3)24-9-5-4-6-10-24/h4-17H,18-19H2,1-3H3,(H,32,36)/b30-17-. The van der Waals surface area contributed by atoms with Crippen LogP contribution in [0.4, 0.5) is 0 Å². The van der Waals surface area contributed by atoms with E-state index in [2.05, 4.69) is 57.4 Å². The molecular weight excluding hydrogens is 480 g/mol. The number of nitrogens with zero attached hydrogens (tertiary/aromatic N) is 5. The van der Waals surface area contributed by atoms with Crippen LogP contribution in [-0.2, 0) is 11.3 Å². The second kappa shape index (κ2) is 10.8. The second-order valence-corrected chi connectivity index (χ2v) is 9.81. The molecule has 0 fully saturated rings. The quantitative estimate of drug-likeness (QED) is 0.172. The van der Waals surface area contributed by atoms with Crippen LogP contribution in [0.15, 0.2) is 89.1 Å². The van der Waals surface area contributed by atoms with Gasteiger partial charge in [0.1, 0.15) is 0 Å². The zero-order chi connectivity index (χ0) is 25.8. The van der Waals surface area contributed by atoms with E-state index in [4.69, 9.17) is 4.98 Å². The van der Waals surface area contributed by atoms with Crippen LogP contribution in [0.1, 0.15) is 28.1 Å². The number of carbonyl (C=O) groups excluding carboxylic acids is 1. The Morgan fingerprint density at radius 2 is 1.70 bits per heavy atom. The number of rotatable bonds is 8. The number of hydrogen-bond donors (Lipinski definition) is 1. The number of para-hydroxylation sites is 3. The number of hydrogen-bond acceptors (Lipinski definition) is 5. The van der Waals surface area contributed by atoms with Crippen molar-refractivity contribution in [1.29, 1.82) is 0 Å². The first-order valence-corrected chi connectivity index (χ1v) is 13.1. The maximum atomic E-state index is 12.6. The Morgan fingerprint density at radius 1 is 0.973 bits per heavy atom. The van der Waals surface area contributed by atoms with E-state index < -0.39 is 0 Å². The number of imidazole rings is 1. The van der Waals surface area contributed by atoms with Crippen molar-refractivity contribution in [3.63, 3.8) is 0 Å². The van der Waals surface area contributed by atoms with Crippen molar-refractivity contribution >= 4 is 34.9 Å². The van der Waals surface area contributed by atoms with Gasteiger partial charge in [0.2, 0.25) is 0 Å². The van der Waals surface area contributed by atoms with Gasteiger partial charge in [0.25, 0.3) is 5.91 Å². The molecule has 0 aliphatic rings. The van der Waals surface area contributed by atoms with Crippen molar-refractivity contribution in [3.05, 3.63) is 107 Å². The number of fused-ring (bicyclic) bond motifs is 1. The van der Waals surface area contributed by atoms with E-state index in [1.54, 1.807) is 6.21 Å². The van der Waals surface area contributed by atoms with Gasteiger partial charge in [-0.15, -0.1) is 0 Å². The summed E-state index contributed by atoms with van der Waals surface area (Å²) in [5.74, 6) is 0.0106. The summed E-state index contributed by atoms with van der Waals surface area (Å²) in [4.78, 5) is 17.4. The summed E-state index contributed by atoms with van der Waals surface area (Å²) in [6.07, 6.45) is 1.66. The minimum Gasteiger partial charge on any atom is -0.314 e. The fourth-order valence-corrected chi connectivity index (χ4v) is 4.99. The molecule has 3 aromatic carbocycles. The molecule has 8 heteroatoms. The normalized spacial score (nSPS) is 11.4. The van der Waals surface area contributed by atoms with E-state index in [-0.39, 0.29) is 11.7 Å². The third kappa shape index (κ3) is 5.49. The van der Waals surface area contributed by atoms with Gasteiger partial charge in [-0.25, -0.2) is 15.1 Å². The van der Waals surface area contributed by atoms with Crippen LogP contribution in [0.5, 0.6) is 0 Å². The molecule has 5 rings (SSSR count). The third-order valence-electron chi connectivity index (χ3n) is 6.14. The number of hydrazone groups is 1. The fraction of sp³-hybridized carbons (Fsp3) is 0.172. The van der Waals surface area contributed by atoms with E-state index in [0.717, 1.165) is 38.8 Å². The maximum Gasteiger partial charge on any atom is 0.250 e. The van der Waals surface area contributed by atoms with Crippen molar-refractivity contribution in [3.8, 4) is 5.69 Å². The summed E-state index contributed by atoms with van der Waals surface area (Å²) in [5.41, 5.74) is 10.7. The zero-order valence-electron chi connectivity index (χ0n) is 21.0. The van der Waals surface area contributed by atoms with Crippen LogP contribution >= 0.6 is 11.8 Å². The Morgan fingerprint density at radius 3 is 2.49 bits per heavy atom. The summed E-state index contributed by atoms with van der Waals surface area (Å²) in [6, 6.07) is 26.5. The molecule has 0 saturated heterocycles. The van der Waals surface area contributed by atoms with Crippen LogP contribution in [0.3, 0.4) is 0 Å². The van der Waals surface area contributed by atoms with Gasteiger partial charge in [0.15, 0.2) is 5.16 Å². The van der Waals surface area contributed by atoms with E-state index in [1.165, 1.54) is 22.9 Å². The Bertz CT molecular complexity index is 1570. The topological polar surface area (TPSA) is 77.1 Å². The van der Waals surface area contributed by atoms with Crippen LogP contribution in [0.2, 0.25) is 0 Å². The molecule has 0 aliphatic carbocycles. The molecule has 0 saturated carbocycles. The minimum atomic E-state index is -0.194. The lowest BCUT2D eigenvalue weighted by Gasteiger charge is -2.09. The van der Waals surface area contributed by atoms with Crippen molar-refractivity contribution in [2.24, 2.45) is 5.10 Å². The number of amides is 1. The van der Waals surface area contributed by atoms with E-state index in [0.29, 0.717) is 6.54 Å². The number of carbonyl (C=O) groups is 1. The SMILES string of the molecule is Cc1ccc(Cn2c(SCC(=O)N/N=C\c3c(C)nn(-c4ccccc4)c3C)nc3ccccc32)cc1. The van der Waals surface area contributed by atoms with Crippen LogP contribution in [0, 0.1) is 20.8 Å². The van der Waals surface area contributed by atoms with Crippen molar-refractivity contribution in [2.75, 3.05) is 5.75 Å². The molecule has 37 heavy (non-hydrogen) atoms. The van der Waals surface area contributed by atoms with Gasteiger partial charge in [-0.05, 0) is 50.6 Å². The smallest absolute Gasteiger partial charge is 0.250 e. The Labute approximate surface area is 220 Å². The van der Waals surface area contributed by atoms with Gasteiger partial charge in [0, 0.05) is 5.56 Å². The Kier molecular flexibility index (Phi) is 7.18. The highest BCUT2D eigenvalue weighted by molar-refractivity contribution is 7.99. The minimum absolute atomic E-state index is 0.194. The maximum absolute atomic E-state index is 12.6. The molecule has 1 amide bonds. The first-order valence-electron chi connectivity index (χ1n) is 12.1. The Balaban J connectivity index is 1.26. The molecule has 2 aromatic heterocycles. The molecule has 186 valence electrons. The second-order valence-electron chi connectivity index (χ2n) is 8.87. The molecule has 1 N–H and O–H groups in total. The first kappa shape index (κ1) is 24.5. The fourth-order valence-electron chi connectivity index (χ4n) is 4.19. The molecule has 0 radical (unpaired) electrons. The molecule has 0 atom stereocenters. The molecule has 0 bridgehead atoms. The van der Waals surface area contributed by atoms with Gasteiger partial charge >= 0.3 is 0 Å². The van der Waals surface area contributed by atoms with Crippen LogP contribution < -0.4 is 5.43 Å². The van der Waals surface area contributed by atoms with Crippen molar-refractivity contribution in [1.82, 2.24) is 24.8 Å². The van der Waals surface area contributed by atoms with Crippen molar-refractivity contribution < 1.29 is 4.79 Å². The van der Waals surface area contributed by atoms with Crippen LogP contribution in [-0.4, -0.2) is 37.2 Å². The highest BCUT2D eigenvalue weighted by Gasteiger charge is 2.14. The van der Waals surface area contributed by atoms with Gasteiger partial charge in [0.05, 0.1) is 46.6 Å². The number of aryl methyl sites for hydroxylation is 2. The highest BCUT2D eigenvalue weighted by Crippen LogP contribution is 2.25. The average molecular weight is 509 g/mol. The average Bonchev–Trinajstić information content (AvgIpc) is 3.41. The summed E-state index contributed by atoms with van der Waals surface area (Å²) in [5, 5.41) is 9.63. The largest absolute Gasteiger partial charge is 0.314 e. The first-order chi connectivity index (χ1) is 18.0. The molecule has 7 nitrogen and oxygen atoms in total. The third-order valence-corrected chi connectivity index (χ3v) is 7.12. The number of benzene rings is 3. The number of aromatic nitrogens is 4. The van der Waals surface area contributed by atoms with Gasteiger partial charge in [-0.1, -0.05) is 71.9 Å². The molecule has 0 aliphatic heterocycles. The molecule has 5 aromatic rings. The Hall–Kier alpha value is -4.17. The van der Waals surface area contributed by atoms with E-state index in [9.17, 15) is 4.79 Å². The van der Waals surface area contributed by atoms with Crippen molar-refractivity contribution in [2.45, 2.75) is 32.5 Å². The van der Waals surface area contributed by atoms with Gasteiger partial charge in [-0.3, -0.25) is 4.79 Å². The molecule has 2 heterocycles. The highest BCUT2D eigenvalue weighted by atomic mass is 32.2. The lowest BCUT2D eigenvalue weighted by molar-refractivity contribution is -0.118. The molecule has 0 spiro atoms. The summed E-state index contributed by atoms with van der Waals surface area (Å²) in [7, 11) is 0.